The van der Waals surface area contributed by atoms with Gasteiger partial charge in [0.25, 0.3) is 0 Å². The van der Waals surface area contributed by atoms with Crippen LogP contribution in [-0.4, -0.2) is 5.11 Å². The molecule has 0 bridgehead atoms. The summed E-state index contributed by atoms with van der Waals surface area (Å²) in [5.74, 6) is -1.49. The zero-order chi connectivity index (χ0) is 14.0. The van der Waals surface area contributed by atoms with E-state index in [1.165, 1.54) is 6.92 Å². The third-order valence-corrected chi connectivity index (χ3v) is 3.00. The molecule has 0 aromatic heterocycles. The van der Waals surface area contributed by atoms with E-state index >= 15 is 0 Å². The second-order valence-corrected chi connectivity index (χ2v) is 4.42. The third-order valence-electron chi connectivity index (χ3n) is 3.00. The van der Waals surface area contributed by atoms with Gasteiger partial charge in [-0.25, -0.2) is 8.78 Å². The second-order valence-electron chi connectivity index (χ2n) is 4.42. The van der Waals surface area contributed by atoms with Crippen molar-refractivity contribution in [3.8, 4) is 6.07 Å². The number of aliphatic hydroxyl groups is 1. The summed E-state index contributed by atoms with van der Waals surface area (Å²) in [4.78, 5) is 0. The fourth-order valence-electron chi connectivity index (χ4n) is 1.87. The van der Waals surface area contributed by atoms with Gasteiger partial charge in [0.15, 0.2) is 0 Å². The number of halogens is 2. The Morgan fingerprint density at radius 2 is 1.53 bits per heavy atom. The fourth-order valence-corrected chi connectivity index (χ4v) is 1.87. The number of nitriles is 1. The number of benzene rings is 2. The van der Waals surface area contributed by atoms with E-state index in [1.807, 2.05) is 6.07 Å². The van der Waals surface area contributed by atoms with Crippen LogP contribution >= 0.6 is 0 Å². The summed E-state index contributed by atoms with van der Waals surface area (Å²) in [6, 6.07) is 11.1. The Hall–Kier alpha value is -2.25. The molecule has 2 aromatic rings. The van der Waals surface area contributed by atoms with Gasteiger partial charge in [0.1, 0.15) is 17.2 Å². The van der Waals surface area contributed by atoms with E-state index in [9.17, 15) is 13.9 Å². The molecule has 0 aliphatic rings. The van der Waals surface area contributed by atoms with Crippen LogP contribution in [0.2, 0.25) is 0 Å². The molecule has 2 nitrogen and oxygen atoms in total. The van der Waals surface area contributed by atoms with E-state index in [-0.39, 0.29) is 5.56 Å². The number of nitrogens with zero attached hydrogens (tertiary/aromatic N) is 1. The van der Waals surface area contributed by atoms with E-state index in [4.69, 9.17) is 5.26 Å². The molecule has 2 aromatic carbocycles. The zero-order valence-electron chi connectivity index (χ0n) is 10.2. The topological polar surface area (TPSA) is 44.0 Å². The molecule has 1 unspecified atom stereocenters. The van der Waals surface area contributed by atoms with Gasteiger partial charge in [-0.1, -0.05) is 12.1 Å². The van der Waals surface area contributed by atoms with Gasteiger partial charge < -0.3 is 5.11 Å². The maximum Gasteiger partial charge on any atom is 0.126 e. The summed E-state index contributed by atoms with van der Waals surface area (Å²) in [6.07, 6.45) is 0. The van der Waals surface area contributed by atoms with E-state index < -0.39 is 17.2 Å². The Kier molecular flexibility index (Phi) is 3.32. The van der Waals surface area contributed by atoms with Crippen molar-refractivity contribution < 1.29 is 13.9 Å². The highest BCUT2D eigenvalue weighted by molar-refractivity contribution is 5.39. The minimum atomic E-state index is -1.53. The lowest BCUT2D eigenvalue weighted by Crippen LogP contribution is -2.23. The molecule has 2 rings (SSSR count). The summed E-state index contributed by atoms with van der Waals surface area (Å²) in [5, 5.41) is 19.2. The van der Waals surface area contributed by atoms with Crippen LogP contribution in [0.15, 0.2) is 42.5 Å². The Bertz CT molecular complexity index is 622. The summed E-state index contributed by atoms with van der Waals surface area (Å²) < 4.78 is 26.4. The van der Waals surface area contributed by atoms with Crippen LogP contribution < -0.4 is 0 Å². The molecule has 0 saturated carbocycles. The highest BCUT2D eigenvalue weighted by Gasteiger charge is 2.26. The Labute approximate surface area is 109 Å². The van der Waals surface area contributed by atoms with Crippen LogP contribution in [0.4, 0.5) is 8.78 Å². The maximum absolute atomic E-state index is 13.2. The van der Waals surface area contributed by atoms with Gasteiger partial charge in [0.05, 0.1) is 11.6 Å². The molecular weight excluding hydrogens is 248 g/mol. The van der Waals surface area contributed by atoms with Gasteiger partial charge >= 0.3 is 0 Å². The van der Waals surface area contributed by atoms with Crippen molar-refractivity contribution in [2.75, 3.05) is 0 Å². The summed E-state index contributed by atoms with van der Waals surface area (Å²) in [5.41, 5.74) is -0.507. The minimum Gasteiger partial charge on any atom is -0.381 e. The Morgan fingerprint density at radius 3 is 2.00 bits per heavy atom. The van der Waals surface area contributed by atoms with E-state index in [0.29, 0.717) is 11.1 Å². The van der Waals surface area contributed by atoms with Gasteiger partial charge in [-0.3, -0.25) is 0 Å². The molecule has 19 heavy (non-hydrogen) atoms. The minimum absolute atomic E-state index is 0.120. The molecule has 0 heterocycles. The lowest BCUT2D eigenvalue weighted by molar-refractivity contribution is 0.101. The van der Waals surface area contributed by atoms with Crippen molar-refractivity contribution >= 4 is 0 Å². The highest BCUT2D eigenvalue weighted by Crippen LogP contribution is 2.30. The monoisotopic (exact) mass is 259 g/mol. The van der Waals surface area contributed by atoms with E-state index in [0.717, 1.165) is 18.2 Å². The molecule has 0 fully saturated rings. The van der Waals surface area contributed by atoms with Crippen molar-refractivity contribution in [3.05, 3.63) is 70.8 Å². The molecule has 1 atom stereocenters. The van der Waals surface area contributed by atoms with Gasteiger partial charge in [0, 0.05) is 6.07 Å². The molecule has 0 aliphatic heterocycles. The SMILES string of the molecule is CC(O)(c1ccc(C#N)cc1)c1cc(F)cc(F)c1. The van der Waals surface area contributed by atoms with Gasteiger partial charge in [-0.15, -0.1) is 0 Å². The number of hydrogen-bond donors (Lipinski definition) is 1. The predicted octanol–water partition coefficient (Wildman–Crippen LogP) is 3.09. The molecule has 96 valence electrons. The molecule has 1 N–H and O–H groups in total. The first-order chi connectivity index (χ1) is 8.93. The number of hydrogen-bond acceptors (Lipinski definition) is 2. The quantitative estimate of drug-likeness (QED) is 0.900. The molecule has 0 aliphatic carbocycles. The van der Waals surface area contributed by atoms with Crippen LogP contribution in [-0.2, 0) is 5.60 Å². The average molecular weight is 259 g/mol. The van der Waals surface area contributed by atoms with Crippen LogP contribution in [0.3, 0.4) is 0 Å². The standard InChI is InChI=1S/C15H11F2NO/c1-15(19,11-4-2-10(9-18)3-5-11)12-6-13(16)8-14(17)7-12/h2-8,19H,1H3. The summed E-state index contributed by atoms with van der Waals surface area (Å²) in [7, 11) is 0. The van der Waals surface area contributed by atoms with Crippen molar-refractivity contribution in [1.29, 1.82) is 5.26 Å². The lowest BCUT2D eigenvalue weighted by Gasteiger charge is -2.24. The Balaban J connectivity index is 2.48. The fraction of sp³-hybridized carbons (Fsp3) is 0.133. The molecule has 0 radical (unpaired) electrons. The first-order valence-corrected chi connectivity index (χ1v) is 5.63. The van der Waals surface area contributed by atoms with Crippen molar-refractivity contribution in [2.24, 2.45) is 0 Å². The largest absolute Gasteiger partial charge is 0.381 e. The molecule has 0 spiro atoms. The van der Waals surface area contributed by atoms with E-state index in [1.54, 1.807) is 24.3 Å². The highest BCUT2D eigenvalue weighted by atomic mass is 19.1. The van der Waals surface area contributed by atoms with E-state index in [2.05, 4.69) is 0 Å². The summed E-state index contributed by atoms with van der Waals surface area (Å²) >= 11 is 0. The van der Waals surface area contributed by atoms with Crippen molar-refractivity contribution in [2.45, 2.75) is 12.5 Å². The molecular formula is C15H11F2NO. The average Bonchev–Trinajstić information content (AvgIpc) is 2.37. The first kappa shape index (κ1) is 13.2. The Morgan fingerprint density at radius 1 is 1.00 bits per heavy atom. The van der Waals surface area contributed by atoms with Crippen molar-refractivity contribution in [3.63, 3.8) is 0 Å². The normalized spacial score (nSPS) is 13.6. The molecule has 4 heteroatoms. The van der Waals surface area contributed by atoms with Gasteiger partial charge in [-0.2, -0.15) is 5.26 Å². The second kappa shape index (κ2) is 4.79. The van der Waals surface area contributed by atoms with Gasteiger partial charge in [-0.05, 0) is 42.3 Å². The first-order valence-electron chi connectivity index (χ1n) is 5.63. The summed E-state index contributed by atoms with van der Waals surface area (Å²) in [6.45, 7) is 1.45. The molecule has 0 saturated heterocycles. The smallest absolute Gasteiger partial charge is 0.126 e. The number of rotatable bonds is 2. The van der Waals surface area contributed by atoms with Crippen LogP contribution in [0.5, 0.6) is 0 Å². The zero-order valence-corrected chi connectivity index (χ0v) is 10.2. The van der Waals surface area contributed by atoms with Crippen LogP contribution in [0, 0.1) is 23.0 Å². The third kappa shape index (κ3) is 2.61. The predicted molar refractivity (Wildman–Crippen MR) is 66.2 cm³/mol. The lowest BCUT2D eigenvalue weighted by atomic mass is 9.88. The van der Waals surface area contributed by atoms with Gasteiger partial charge in [0.2, 0.25) is 0 Å². The van der Waals surface area contributed by atoms with Crippen molar-refractivity contribution in [1.82, 2.24) is 0 Å². The van der Waals surface area contributed by atoms with Crippen LogP contribution in [0.25, 0.3) is 0 Å². The molecule has 0 amide bonds. The maximum atomic E-state index is 13.2. The van der Waals surface area contributed by atoms with Crippen LogP contribution in [0.1, 0.15) is 23.6 Å².